The number of aryl methyl sites for hydroxylation is 1. The summed E-state index contributed by atoms with van der Waals surface area (Å²) in [7, 11) is 0. The van der Waals surface area contributed by atoms with E-state index in [-0.39, 0.29) is 5.70 Å². The fourth-order valence-corrected chi connectivity index (χ4v) is 2.14. The first kappa shape index (κ1) is 17.2. The highest BCUT2D eigenvalue weighted by Crippen LogP contribution is 2.21. The summed E-state index contributed by atoms with van der Waals surface area (Å²) in [5, 5.41) is 2.94. The number of esters is 1. The molecule has 0 aliphatic carbocycles. The van der Waals surface area contributed by atoms with E-state index in [0.29, 0.717) is 16.2 Å². The summed E-state index contributed by atoms with van der Waals surface area (Å²) in [6, 6.07) is 3.47. The van der Waals surface area contributed by atoms with Crippen LogP contribution in [0.4, 0.5) is 5.82 Å². The molecule has 0 aromatic carbocycles. The van der Waals surface area contributed by atoms with Crippen molar-refractivity contribution in [1.29, 1.82) is 0 Å². The average Bonchev–Trinajstić information content (AvgIpc) is 2.91. The van der Waals surface area contributed by atoms with Gasteiger partial charge in [0.2, 0.25) is 0 Å². The van der Waals surface area contributed by atoms with Crippen LogP contribution in [0.15, 0.2) is 39.3 Å². The van der Waals surface area contributed by atoms with Crippen LogP contribution in [0.5, 0.6) is 0 Å². The predicted molar refractivity (Wildman–Crippen MR) is 90.6 cm³/mol. The van der Waals surface area contributed by atoms with Gasteiger partial charge < -0.3 is 14.5 Å². The van der Waals surface area contributed by atoms with Crippen molar-refractivity contribution in [3.8, 4) is 0 Å². The van der Waals surface area contributed by atoms with Crippen LogP contribution in [-0.2, 0) is 9.53 Å². The Morgan fingerprint density at radius 2 is 2.17 bits per heavy atom. The molecular weight excluding hydrogens is 362 g/mol. The van der Waals surface area contributed by atoms with E-state index in [9.17, 15) is 4.79 Å². The molecule has 1 N–H and O–H groups in total. The number of rotatable bonds is 4. The van der Waals surface area contributed by atoms with Gasteiger partial charge in [0.15, 0.2) is 5.82 Å². The Hall–Kier alpha value is -2.15. The zero-order valence-corrected chi connectivity index (χ0v) is 15.0. The van der Waals surface area contributed by atoms with Crippen molar-refractivity contribution in [3.63, 3.8) is 0 Å². The summed E-state index contributed by atoms with van der Waals surface area (Å²) >= 11 is 3.33. The van der Waals surface area contributed by atoms with Crippen LogP contribution in [-0.4, -0.2) is 21.5 Å². The molecule has 7 heteroatoms. The molecule has 0 spiro atoms. The van der Waals surface area contributed by atoms with Crippen LogP contribution in [0, 0.1) is 6.92 Å². The van der Waals surface area contributed by atoms with Gasteiger partial charge in [0.25, 0.3) is 0 Å². The molecule has 2 aromatic rings. The highest BCUT2D eigenvalue weighted by atomic mass is 79.9. The van der Waals surface area contributed by atoms with E-state index in [2.05, 4.69) is 31.2 Å². The molecule has 2 aromatic heterocycles. The van der Waals surface area contributed by atoms with E-state index in [4.69, 9.17) is 9.15 Å². The van der Waals surface area contributed by atoms with Gasteiger partial charge in [-0.2, -0.15) is 0 Å². The third kappa shape index (κ3) is 5.21. The summed E-state index contributed by atoms with van der Waals surface area (Å²) in [5.41, 5.74) is 0.349. The maximum atomic E-state index is 12.4. The van der Waals surface area contributed by atoms with Gasteiger partial charge >= 0.3 is 5.97 Å². The summed E-state index contributed by atoms with van der Waals surface area (Å²) < 4.78 is 11.2. The van der Waals surface area contributed by atoms with Crippen LogP contribution in [0.2, 0.25) is 0 Å². The maximum absolute atomic E-state index is 12.4. The van der Waals surface area contributed by atoms with Gasteiger partial charge in [-0.15, -0.1) is 0 Å². The van der Waals surface area contributed by atoms with Crippen molar-refractivity contribution >= 4 is 33.8 Å². The van der Waals surface area contributed by atoms with Gasteiger partial charge in [-0.25, -0.2) is 14.8 Å². The van der Waals surface area contributed by atoms with Crippen molar-refractivity contribution in [3.05, 3.63) is 46.3 Å². The number of halogens is 1. The fraction of sp³-hybridized carbons (Fsp3) is 0.312. The molecule has 122 valence electrons. The molecule has 0 radical (unpaired) electrons. The van der Waals surface area contributed by atoms with Gasteiger partial charge in [0, 0.05) is 6.08 Å². The van der Waals surface area contributed by atoms with Crippen molar-refractivity contribution in [2.75, 3.05) is 5.32 Å². The molecule has 23 heavy (non-hydrogen) atoms. The van der Waals surface area contributed by atoms with E-state index < -0.39 is 11.6 Å². The molecule has 6 nitrogen and oxygen atoms in total. The number of carbonyl (C=O) groups is 1. The number of hydrogen-bond donors (Lipinski definition) is 1. The first-order valence-electron chi connectivity index (χ1n) is 6.99. The lowest BCUT2D eigenvalue weighted by molar-refractivity contribution is -0.149. The third-order valence-electron chi connectivity index (χ3n) is 2.55. The molecule has 0 aliphatic rings. The zero-order chi connectivity index (χ0) is 17.0. The Labute approximate surface area is 143 Å². The average molecular weight is 380 g/mol. The molecule has 0 saturated heterocycles. The molecule has 0 atom stereocenters. The fourth-order valence-electron chi connectivity index (χ4n) is 1.65. The lowest BCUT2D eigenvalue weighted by Gasteiger charge is -2.21. The second-order valence-electron chi connectivity index (χ2n) is 5.85. The predicted octanol–water partition coefficient (Wildman–Crippen LogP) is 3.94. The van der Waals surface area contributed by atoms with E-state index in [1.165, 1.54) is 6.26 Å². The number of hydrogen-bond acceptors (Lipinski definition) is 6. The highest BCUT2D eigenvalue weighted by molar-refractivity contribution is 9.10. The van der Waals surface area contributed by atoms with Gasteiger partial charge in [0.1, 0.15) is 21.7 Å². The smallest absolute Gasteiger partial charge is 0.355 e. The third-order valence-corrected chi connectivity index (χ3v) is 3.10. The van der Waals surface area contributed by atoms with Crippen LogP contribution in [0.25, 0.3) is 6.08 Å². The molecule has 0 amide bonds. The maximum Gasteiger partial charge on any atom is 0.355 e. The Morgan fingerprint density at radius 1 is 1.43 bits per heavy atom. The van der Waals surface area contributed by atoms with Gasteiger partial charge in [0.05, 0.1) is 18.2 Å². The number of aromatic nitrogens is 2. The monoisotopic (exact) mass is 379 g/mol. The van der Waals surface area contributed by atoms with E-state index in [0.717, 1.165) is 5.69 Å². The number of furan rings is 1. The van der Waals surface area contributed by atoms with Crippen molar-refractivity contribution in [2.24, 2.45) is 0 Å². The van der Waals surface area contributed by atoms with Crippen molar-refractivity contribution < 1.29 is 13.9 Å². The first-order valence-corrected chi connectivity index (χ1v) is 7.78. The lowest BCUT2D eigenvalue weighted by atomic mass is 10.2. The zero-order valence-electron chi connectivity index (χ0n) is 13.4. The molecule has 2 heterocycles. The van der Waals surface area contributed by atoms with Gasteiger partial charge in [-0.1, -0.05) is 0 Å². The van der Waals surface area contributed by atoms with Crippen LogP contribution in [0.1, 0.15) is 32.2 Å². The number of ether oxygens (including phenoxy) is 1. The second-order valence-corrected chi connectivity index (χ2v) is 6.60. The van der Waals surface area contributed by atoms with Crippen LogP contribution < -0.4 is 5.32 Å². The van der Waals surface area contributed by atoms with E-state index >= 15 is 0 Å². The Bertz CT molecular complexity index is 719. The first-order chi connectivity index (χ1) is 10.7. The highest BCUT2D eigenvalue weighted by Gasteiger charge is 2.21. The minimum absolute atomic E-state index is 0.203. The lowest BCUT2D eigenvalue weighted by Crippen LogP contribution is -2.27. The topological polar surface area (TPSA) is 77.2 Å². The quantitative estimate of drug-likeness (QED) is 0.640. The number of nitrogens with one attached hydrogen (secondary N) is 1. The molecule has 0 fully saturated rings. The summed E-state index contributed by atoms with van der Waals surface area (Å²) in [4.78, 5) is 20.9. The summed E-state index contributed by atoms with van der Waals surface area (Å²) in [6.45, 7) is 7.24. The second kappa shape index (κ2) is 6.95. The molecule has 0 saturated carbocycles. The standard InChI is InChI=1S/C16H18BrN3O3/c1-10-9-18-14(13(17)19-10)20-12(8-11-6-5-7-22-11)15(21)23-16(2,3)4/h5-9H,1-4H3,(H,18,20)/b12-8-. The molecule has 0 aliphatic heterocycles. The minimum Gasteiger partial charge on any atom is -0.465 e. The van der Waals surface area contributed by atoms with Crippen molar-refractivity contribution in [2.45, 2.75) is 33.3 Å². The normalized spacial score (nSPS) is 12.1. The molecular formula is C16H18BrN3O3. The Balaban J connectivity index is 2.32. The molecule has 0 bridgehead atoms. The van der Waals surface area contributed by atoms with Crippen LogP contribution >= 0.6 is 15.9 Å². The number of nitrogens with zero attached hydrogens (tertiary/aromatic N) is 2. The van der Waals surface area contributed by atoms with Crippen LogP contribution in [0.3, 0.4) is 0 Å². The molecule has 0 unspecified atom stereocenters. The van der Waals surface area contributed by atoms with Crippen molar-refractivity contribution in [1.82, 2.24) is 9.97 Å². The van der Waals surface area contributed by atoms with Gasteiger partial charge in [-0.3, -0.25) is 0 Å². The molecule has 2 rings (SSSR count). The summed E-state index contributed by atoms with van der Waals surface area (Å²) in [5.74, 6) is 0.428. The SMILES string of the molecule is Cc1cnc(N/C(=C\c2ccco2)C(=O)OC(C)(C)C)c(Br)n1. The number of anilines is 1. The summed E-state index contributed by atoms with van der Waals surface area (Å²) in [6.07, 6.45) is 4.69. The van der Waals surface area contributed by atoms with E-state index in [1.807, 2.05) is 6.92 Å². The van der Waals surface area contributed by atoms with Gasteiger partial charge in [-0.05, 0) is 55.8 Å². The largest absolute Gasteiger partial charge is 0.465 e. The Morgan fingerprint density at radius 3 is 2.74 bits per heavy atom. The minimum atomic E-state index is -0.614. The van der Waals surface area contributed by atoms with E-state index in [1.54, 1.807) is 45.2 Å². The number of carbonyl (C=O) groups excluding carboxylic acids is 1. The Kier molecular flexibility index (Phi) is 5.20.